The highest BCUT2D eigenvalue weighted by Crippen LogP contribution is 2.27. The third-order valence-corrected chi connectivity index (χ3v) is 6.17. The van der Waals surface area contributed by atoms with Gasteiger partial charge in [-0.3, -0.25) is 4.98 Å². The normalized spacial score (nSPS) is 24.0. The van der Waals surface area contributed by atoms with E-state index in [0.29, 0.717) is 11.0 Å². The molecule has 2 rings (SSSR count). The van der Waals surface area contributed by atoms with Crippen molar-refractivity contribution in [2.24, 2.45) is 5.73 Å². The van der Waals surface area contributed by atoms with E-state index in [1.807, 2.05) is 6.92 Å². The van der Waals surface area contributed by atoms with Crippen LogP contribution in [-0.4, -0.2) is 36.3 Å². The van der Waals surface area contributed by atoms with Crippen molar-refractivity contribution in [3.8, 4) is 0 Å². The summed E-state index contributed by atoms with van der Waals surface area (Å²) in [5, 5.41) is 0. The molecule has 1 fully saturated rings. The molecule has 0 saturated heterocycles. The molecule has 0 atom stereocenters. The van der Waals surface area contributed by atoms with Crippen LogP contribution >= 0.6 is 15.9 Å². The van der Waals surface area contributed by atoms with Gasteiger partial charge in [0.25, 0.3) is 0 Å². The van der Waals surface area contributed by atoms with Crippen LogP contribution in [-0.2, 0) is 10.0 Å². The lowest BCUT2D eigenvalue weighted by molar-refractivity contribution is 0.247. The quantitative estimate of drug-likeness (QED) is 0.890. The Hall–Kier alpha value is -0.500. The van der Waals surface area contributed by atoms with Crippen LogP contribution in [0.5, 0.6) is 0 Å². The summed E-state index contributed by atoms with van der Waals surface area (Å²) >= 11 is 3.27. The molecule has 1 heterocycles. The van der Waals surface area contributed by atoms with E-state index in [4.69, 9.17) is 5.73 Å². The molecule has 112 valence electrons. The van der Waals surface area contributed by atoms with Crippen LogP contribution in [0, 0.1) is 0 Å². The highest BCUT2D eigenvalue weighted by Gasteiger charge is 2.32. The molecule has 1 aromatic heterocycles. The van der Waals surface area contributed by atoms with Crippen molar-refractivity contribution in [2.45, 2.75) is 49.6 Å². The number of pyridine rings is 1. The van der Waals surface area contributed by atoms with Gasteiger partial charge in [0.1, 0.15) is 4.90 Å². The van der Waals surface area contributed by atoms with E-state index < -0.39 is 10.0 Å². The van der Waals surface area contributed by atoms with Crippen LogP contribution in [0.3, 0.4) is 0 Å². The van der Waals surface area contributed by atoms with Gasteiger partial charge in [-0.25, -0.2) is 8.42 Å². The maximum Gasteiger partial charge on any atom is 0.244 e. The molecule has 20 heavy (non-hydrogen) atoms. The molecule has 1 saturated carbocycles. The summed E-state index contributed by atoms with van der Waals surface area (Å²) in [6, 6.07) is 1.85. The summed E-state index contributed by atoms with van der Waals surface area (Å²) in [5.41, 5.74) is 5.89. The smallest absolute Gasteiger partial charge is 0.244 e. The maximum atomic E-state index is 12.7. The minimum Gasteiger partial charge on any atom is -0.328 e. The van der Waals surface area contributed by atoms with Crippen molar-refractivity contribution in [1.82, 2.24) is 9.29 Å². The second-order valence-electron chi connectivity index (χ2n) is 5.12. The number of hydrogen-bond donors (Lipinski definition) is 1. The van der Waals surface area contributed by atoms with E-state index in [1.165, 1.54) is 6.20 Å². The molecule has 0 bridgehead atoms. The third kappa shape index (κ3) is 3.39. The SMILES string of the molecule is CCN(C1CCC(N)CC1)S(=O)(=O)c1cncc(Br)c1. The Bertz CT molecular complexity index is 556. The number of aromatic nitrogens is 1. The molecular formula is C13H20BrN3O2S. The molecule has 1 aliphatic rings. The zero-order chi connectivity index (χ0) is 14.8. The molecule has 0 spiro atoms. The number of hydrogen-bond acceptors (Lipinski definition) is 4. The van der Waals surface area contributed by atoms with E-state index >= 15 is 0 Å². The summed E-state index contributed by atoms with van der Waals surface area (Å²) in [6.07, 6.45) is 6.40. The number of nitrogens with zero attached hydrogens (tertiary/aromatic N) is 2. The number of nitrogens with two attached hydrogens (primary N) is 1. The molecule has 1 aliphatic carbocycles. The van der Waals surface area contributed by atoms with Crippen LogP contribution in [0.2, 0.25) is 0 Å². The van der Waals surface area contributed by atoms with Crippen molar-refractivity contribution >= 4 is 26.0 Å². The molecule has 1 aromatic rings. The Kier molecular flexibility index (Phi) is 5.17. The van der Waals surface area contributed by atoms with Gasteiger partial charge in [0, 0.05) is 35.5 Å². The van der Waals surface area contributed by atoms with Crippen LogP contribution < -0.4 is 5.73 Å². The predicted octanol–water partition coefficient (Wildman–Crippen LogP) is 2.12. The monoisotopic (exact) mass is 361 g/mol. The van der Waals surface area contributed by atoms with Gasteiger partial charge < -0.3 is 5.73 Å². The summed E-state index contributed by atoms with van der Waals surface area (Å²) in [6.45, 7) is 2.34. The van der Waals surface area contributed by atoms with Gasteiger partial charge >= 0.3 is 0 Å². The van der Waals surface area contributed by atoms with Crippen LogP contribution in [0.25, 0.3) is 0 Å². The van der Waals surface area contributed by atoms with Crippen molar-refractivity contribution in [3.05, 3.63) is 22.9 Å². The zero-order valence-corrected chi connectivity index (χ0v) is 13.9. The molecule has 0 aliphatic heterocycles. The molecule has 0 unspecified atom stereocenters. The van der Waals surface area contributed by atoms with Gasteiger partial charge in [-0.05, 0) is 47.7 Å². The second-order valence-corrected chi connectivity index (χ2v) is 7.92. The first-order valence-corrected chi connectivity index (χ1v) is 9.06. The summed E-state index contributed by atoms with van der Waals surface area (Å²) in [4.78, 5) is 4.19. The Balaban J connectivity index is 2.26. The standard InChI is InChI=1S/C13H20BrN3O2S/c1-2-17(12-5-3-11(15)4-6-12)20(18,19)13-7-10(14)8-16-9-13/h7-9,11-12H,2-6,15H2,1H3. The maximum absolute atomic E-state index is 12.7. The summed E-state index contributed by atoms with van der Waals surface area (Å²) < 4.78 is 27.7. The number of halogens is 1. The number of sulfonamides is 1. The Labute approximate surface area is 128 Å². The molecular weight excluding hydrogens is 342 g/mol. The lowest BCUT2D eigenvalue weighted by atomic mass is 9.92. The van der Waals surface area contributed by atoms with E-state index in [9.17, 15) is 8.42 Å². The lowest BCUT2D eigenvalue weighted by Gasteiger charge is -2.34. The van der Waals surface area contributed by atoms with E-state index in [-0.39, 0.29) is 17.0 Å². The van der Waals surface area contributed by atoms with Crippen LogP contribution in [0.4, 0.5) is 0 Å². The van der Waals surface area contributed by atoms with Crippen molar-refractivity contribution in [1.29, 1.82) is 0 Å². The van der Waals surface area contributed by atoms with Gasteiger partial charge in [-0.1, -0.05) is 6.92 Å². The minimum absolute atomic E-state index is 0.0452. The first-order valence-electron chi connectivity index (χ1n) is 6.83. The third-order valence-electron chi connectivity index (χ3n) is 3.75. The van der Waals surface area contributed by atoms with Gasteiger partial charge in [-0.15, -0.1) is 0 Å². The Morgan fingerprint density at radius 2 is 2.00 bits per heavy atom. The molecule has 2 N–H and O–H groups in total. The fourth-order valence-corrected chi connectivity index (χ4v) is 4.88. The number of rotatable bonds is 4. The van der Waals surface area contributed by atoms with Crippen molar-refractivity contribution in [2.75, 3.05) is 6.54 Å². The van der Waals surface area contributed by atoms with Gasteiger partial charge in [0.2, 0.25) is 10.0 Å². The van der Waals surface area contributed by atoms with E-state index in [1.54, 1.807) is 16.6 Å². The van der Waals surface area contributed by atoms with E-state index in [0.717, 1.165) is 25.7 Å². The zero-order valence-electron chi connectivity index (χ0n) is 11.5. The molecule has 7 heteroatoms. The fourth-order valence-electron chi connectivity index (χ4n) is 2.68. The minimum atomic E-state index is -3.49. The van der Waals surface area contributed by atoms with Gasteiger partial charge in [0.15, 0.2) is 0 Å². The second kappa shape index (κ2) is 6.51. The summed E-state index contributed by atoms with van der Waals surface area (Å²) in [5.74, 6) is 0. The largest absolute Gasteiger partial charge is 0.328 e. The lowest BCUT2D eigenvalue weighted by Crippen LogP contribution is -2.44. The fraction of sp³-hybridized carbons (Fsp3) is 0.615. The average molecular weight is 362 g/mol. The van der Waals surface area contributed by atoms with E-state index in [2.05, 4.69) is 20.9 Å². The van der Waals surface area contributed by atoms with Crippen LogP contribution in [0.1, 0.15) is 32.6 Å². The average Bonchev–Trinajstić information content (AvgIpc) is 2.41. The summed E-state index contributed by atoms with van der Waals surface area (Å²) in [7, 11) is -3.49. The molecule has 0 radical (unpaired) electrons. The molecule has 0 aromatic carbocycles. The van der Waals surface area contributed by atoms with Gasteiger partial charge in [-0.2, -0.15) is 4.31 Å². The highest BCUT2D eigenvalue weighted by molar-refractivity contribution is 9.10. The van der Waals surface area contributed by atoms with Gasteiger partial charge in [0.05, 0.1) is 0 Å². The Morgan fingerprint density at radius 1 is 1.35 bits per heavy atom. The molecule has 0 amide bonds. The Morgan fingerprint density at radius 3 is 2.55 bits per heavy atom. The van der Waals surface area contributed by atoms with Crippen molar-refractivity contribution in [3.63, 3.8) is 0 Å². The topological polar surface area (TPSA) is 76.3 Å². The predicted molar refractivity (Wildman–Crippen MR) is 81.7 cm³/mol. The van der Waals surface area contributed by atoms with Crippen molar-refractivity contribution < 1.29 is 8.42 Å². The van der Waals surface area contributed by atoms with Crippen LogP contribution in [0.15, 0.2) is 27.8 Å². The molecule has 5 nitrogen and oxygen atoms in total. The first kappa shape index (κ1) is 15.9. The first-order chi connectivity index (χ1) is 9.45. The highest BCUT2D eigenvalue weighted by atomic mass is 79.9.